The van der Waals surface area contributed by atoms with Gasteiger partial charge in [0.2, 0.25) is 0 Å². The Morgan fingerprint density at radius 1 is 1.23 bits per heavy atom. The number of nitrogens with one attached hydrogen (secondary N) is 1. The molecule has 0 atom stereocenters. The number of carbonyl (C=O) groups is 1. The van der Waals surface area contributed by atoms with Crippen molar-refractivity contribution in [3.05, 3.63) is 58.6 Å². The Morgan fingerprint density at radius 3 is 2.55 bits per heavy atom. The molecule has 0 radical (unpaired) electrons. The number of phenolic OH excluding ortho intramolecular Hbond substituents is 1. The van der Waals surface area contributed by atoms with Crippen LogP contribution < -0.4 is 10.3 Å². The highest BCUT2D eigenvalue weighted by Crippen LogP contribution is 2.21. The fourth-order valence-electron chi connectivity index (χ4n) is 1.77. The molecule has 0 saturated heterocycles. The van der Waals surface area contributed by atoms with Crippen LogP contribution in [-0.4, -0.2) is 31.3 Å². The summed E-state index contributed by atoms with van der Waals surface area (Å²) in [5.74, 6) is -0.673. The summed E-state index contributed by atoms with van der Waals surface area (Å²) >= 11 is 5.80. The molecule has 0 aliphatic heterocycles. The molecule has 2 aromatic carbocycles. The van der Waals surface area contributed by atoms with Gasteiger partial charge >= 0.3 is 0 Å². The van der Waals surface area contributed by atoms with Crippen LogP contribution in [0.1, 0.15) is 15.9 Å². The minimum atomic E-state index is -0.527. The smallest absolute Gasteiger partial charge is 0.275 e. The summed E-state index contributed by atoms with van der Waals surface area (Å²) in [6, 6.07) is 11.9. The summed E-state index contributed by atoms with van der Waals surface area (Å²) < 4.78 is 0. The summed E-state index contributed by atoms with van der Waals surface area (Å²) in [4.78, 5) is 13.9. The molecule has 114 valence electrons. The Hall–Kier alpha value is -2.53. The molecule has 5 nitrogen and oxygen atoms in total. The van der Waals surface area contributed by atoms with Crippen molar-refractivity contribution in [1.29, 1.82) is 0 Å². The number of amides is 1. The van der Waals surface area contributed by atoms with Crippen LogP contribution in [0, 0.1) is 0 Å². The lowest BCUT2D eigenvalue weighted by molar-refractivity contribution is 0.0952. The van der Waals surface area contributed by atoms with Crippen LogP contribution >= 0.6 is 11.6 Å². The first kappa shape index (κ1) is 15.9. The van der Waals surface area contributed by atoms with Crippen LogP contribution in [0.5, 0.6) is 5.75 Å². The van der Waals surface area contributed by atoms with E-state index in [0.717, 1.165) is 11.3 Å². The van der Waals surface area contributed by atoms with Crippen molar-refractivity contribution in [2.45, 2.75) is 0 Å². The van der Waals surface area contributed by atoms with Gasteiger partial charge in [0, 0.05) is 24.8 Å². The molecule has 0 aliphatic rings. The Bertz CT molecular complexity index is 697. The number of hydrazone groups is 1. The van der Waals surface area contributed by atoms with Crippen molar-refractivity contribution < 1.29 is 9.90 Å². The zero-order chi connectivity index (χ0) is 16.1. The van der Waals surface area contributed by atoms with E-state index in [-0.39, 0.29) is 11.3 Å². The fraction of sp³-hybridized carbons (Fsp3) is 0.125. The second-order valence-corrected chi connectivity index (χ2v) is 5.28. The number of carbonyl (C=O) groups excluding carboxylic acids is 1. The summed E-state index contributed by atoms with van der Waals surface area (Å²) in [7, 11) is 3.92. The molecule has 2 N–H and O–H groups in total. The van der Waals surface area contributed by atoms with Crippen molar-refractivity contribution >= 4 is 29.4 Å². The maximum absolute atomic E-state index is 11.9. The maximum Gasteiger partial charge on any atom is 0.275 e. The van der Waals surface area contributed by atoms with Crippen molar-refractivity contribution in [1.82, 2.24) is 5.43 Å². The van der Waals surface area contributed by atoms with E-state index in [2.05, 4.69) is 10.5 Å². The molecule has 0 fully saturated rings. The molecule has 0 bridgehead atoms. The van der Waals surface area contributed by atoms with Crippen LogP contribution in [0.25, 0.3) is 0 Å². The molecule has 0 spiro atoms. The van der Waals surface area contributed by atoms with Gasteiger partial charge in [-0.1, -0.05) is 23.7 Å². The molecule has 0 heterocycles. The van der Waals surface area contributed by atoms with Gasteiger partial charge in [-0.15, -0.1) is 0 Å². The molecular weight excluding hydrogens is 302 g/mol. The zero-order valence-corrected chi connectivity index (χ0v) is 13.0. The Balaban J connectivity index is 2.02. The Morgan fingerprint density at radius 2 is 1.91 bits per heavy atom. The molecule has 1 amide bonds. The lowest BCUT2D eigenvalue weighted by Crippen LogP contribution is -2.17. The van der Waals surface area contributed by atoms with E-state index in [1.807, 2.05) is 43.3 Å². The Labute approximate surface area is 133 Å². The summed E-state index contributed by atoms with van der Waals surface area (Å²) in [5, 5.41) is 13.9. The largest absolute Gasteiger partial charge is 0.507 e. The van der Waals surface area contributed by atoms with Crippen LogP contribution in [0.2, 0.25) is 5.02 Å². The number of phenols is 1. The van der Waals surface area contributed by atoms with Gasteiger partial charge in [-0.2, -0.15) is 5.10 Å². The summed E-state index contributed by atoms with van der Waals surface area (Å²) in [6.45, 7) is 0. The summed E-state index contributed by atoms with van der Waals surface area (Å²) in [6.07, 6.45) is 1.53. The Kier molecular flexibility index (Phi) is 5.01. The van der Waals surface area contributed by atoms with Crippen molar-refractivity contribution in [2.75, 3.05) is 19.0 Å². The highest BCUT2D eigenvalue weighted by atomic mass is 35.5. The minimum absolute atomic E-state index is 0.0765. The quantitative estimate of drug-likeness (QED) is 0.673. The van der Waals surface area contributed by atoms with E-state index in [9.17, 15) is 9.90 Å². The number of halogens is 1. The highest BCUT2D eigenvalue weighted by Gasteiger charge is 2.10. The molecule has 0 aliphatic carbocycles. The van der Waals surface area contributed by atoms with Gasteiger partial charge in [0.05, 0.1) is 11.8 Å². The molecule has 0 saturated carbocycles. The first-order valence-electron chi connectivity index (χ1n) is 6.56. The third kappa shape index (κ3) is 3.99. The number of aromatic hydroxyl groups is 1. The molecular formula is C16H16ClN3O2. The lowest BCUT2D eigenvalue weighted by Gasteiger charge is -2.11. The number of hydrogen-bond acceptors (Lipinski definition) is 4. The van der Waals surface area contributed by atoms with Crippen LogP contribution in [0.15, 0.2) is 47.6 Å². The number of benzene rings is 2. The van der Waals surface area contributed by atoms with E-state index in [1.165, 1.54) is 24.4 Å². The van der Waals surface area contributed by atoms with E-state index < -0.39 is 5.91 Å². The number of nitrogens with zero attached hydrogens (tertiary/aromatic N) is 2. The molecule has 0 unspecified atom stereocenters. The molecule has 6 heteroatoms. The molecule has 0 aromatic heterocycles. The van der Waals surface area contributed by atoms with Gasteiger partial charge in [0.25, 0.3) is 5.91 Å². The lowest BCUT2D eigenvalue weighted by atomic mass is 10.2. The van der Waals surface area contributed by atoms with Gasteiger partial charge in [-0.3, -0.25) is 4.79 Å². The SMILES string of the molecule is CN(C)c1ccc(/C=N\NC(=O)c2cc(Cl)ccc2O)cc1. The third-order valence-corrected chi connectivity index (χ3v) is 3.23. The average molecular weight is 318 g/mol. The first-order valence-corrected chi connectivity index (χ1v) is 6.94. The van der Waals surface area contributed by atoms with E-state index in [0.29, 0.717) is 5.02 Å². The van der Waals surface area contributed by atoms with Crippen LogP contribution in [-0.2, 0) is 0 Å². The zero-order valence-electron chi connectivity index (χ0n) is 12.2. The number of anilines is 1. The molecule has 2 rings (SSSR count). The predicted molar refractivity (Wildman–Crippen MR) is 88.9 cm³/mol. The second-order valence-electron chi connectivity index (χ2n) is 4.85. The highest BCUT2D eigenvalue weighted by molar-refractivity contribution is 6.31. The topological polar surface area (TPSA) is 64.9 Å². The van der Waals surface area contributed by atoms with Gasteiger partial charge in [-0.25, -0.2) is 5.43 Å². The predicted octanol–water partition coefficient (Wildman–Crippen LogP) is 2.88. The van der Waals surface area contributed by atoms with Gasteiger partial charge in [0.1, 0.15) is 5.75 Å². The second kappa shape index (κ2) is 6.95. The average Bonchev–Trinajstić information content (AvgIpc) is 2.50. The molecule has 22 heavy (non-hydrogen) atoms. The van der Waals surface area contributed by atoms with Gasteiger partial charge in [-0.05, 0) is 35.9 Å². The maximum atomic E-state index is 11.9. The van der Waals surface area contributed by atoms with Gasteiger partial charge in [0.15, 0.2) is 0 Å². The van der Waals surface area contributed by atoms with E-state index >= 15 is 0 Å². The van der Waals surface area contributed by atoms with Crippen molar-refractivity contribution in [2.24, 2.45) is 5.10 Å². The van der Waals surface area contributed by atoms with Crippen molar-refractivity contribution in [3.8, 4) is 5.75 Å². The van der Waals surface area contributed by atoms with Gasteiger partial charge < -0.3 is 10.0 Å². The third-order valence-electron chi connectivity index (χ3n) is 2.99. The normalized spacial score (nSPS) is 10.7. The number of rotatable bonds is 4. The van der Waals surface area contributed by atoms with Crippen LogP contribution in [0.3, 0.4) is 0 Å². The monoisotopic (exact) mass is 317 g/mol. The first-order chi connectivity index (χ1) is 10.5. The minimum Gasteiger partial charge on any atom is -0.507 e. The molecule has 2 aromatic rings. The number of hydrogen-bond donors (Lipinski definition) is 2. The van der Waals surface area contributed by atoms with Crippen molar-refractivity contribution in [3.63, 3.8) is 0 Å². The van der Waals surface area contributed by atoms with E-state index in [1.54, 1.807) is 0 Å². The standard InChI is InChI=1S/C16H16ClN3O2/c1-20(2)13-6-3-11(4-7-13)10-18-19-16(22)14-9-12(17)5-8-15(14)21/h3-10,21H,1-2H3,(H,19,22)/b18-10-. The van der Waals surface area contributed by atoms with E-state index in [4.69, 9.17) is 11.6 Å². The fourth-order valence-corrected chi connectivity index (χ4v) is 1.95. The summed E-state index contributed by atoms with van der Waals surface area (Å²) in [5.41, 5.74) is 4.35. The van der Waals surface area contributed by atoms with Crippen LogP contribution in [0.4, 0.5) is 5.69 Å².